The summed E-state index contributed by atoms with van der Waals surface area (Å²) in [6.07, 6.45) is 1.60. The molecule has 12 nitrogen and oxygen atoms in total. The number of ether oxygens (including phenoxy) is 3. The van der Waals surface area contributed by atoms with Crippen molar-refractivity contribution in [3.05, 3.63) is 78.4 Å². The zero-order valence-electron chi connectivity index (χ0n) is 28.8. The lowest BCUT2D eigenvalue weighted by molar-refractivity contribution is -0.0115. The van der Waals surface area contributed by atoms with Crippen LogP contribution < -0.4 is 19.5 Å². The molecule has 0 unspecified atom stereocenters. The number of fused-ring (bicyclic) bond motifs is 1. The number of carbonyl (C=O) groups is 2. The van der Waals surface area contributed by atoms with Crippen LogP contribution in [0.1, 0.15) is 50.4 Å². The van der Waals surface area contributed by atoms with E-state index >= 15 is 0 Å². The van der Waals surface area contributed by atoms with Gasteiger partial charge in [-0.2, -0.15) is 0 Å². The van der Waals surface area contributed by atoms with Gasteiger partial charge in [0.15, 0.2) is 0 Å². The lowest BCUT2D eigenvalue weighted by Gasteiger charge is -2.35. The number of hydrogen-bond donors (Lipinski definition) is 3. The second-order valence-electron chi connectivity index (χ2n) is 12.5. The number of para-hydroxylation sites is 1. The lowest BCUT2D eigenvalue weighted by Crippen LogP contribution is -2.48. The molecule has 1 aliphatic rings. The van der Waals surface area contributed by atoms with Crippen LogP contribution in [-0.4, -0.2) is 94.0 Å². The first-order chi connectivity index (χ1) is 23.4. The van der Waals surface area contributed by atoms with Gasteiger partial charge in [-0.25, -0.2) is 13.2 Å². The number of hydrogen-bond acceptors (Lipinski definition) is 8. The summed E-state index contributed by atoms with van der Waals surface area (Å²) in [7, 11) is -0.803. The highest BCUT2D eigenvalue weighted by atomic mass is 32.2. The molecule has 4 rings (SSSR count). The zero-order chi connectivity index (χ0) is 35.6. The number of anilines is 2. The van der Waals surface area contributed by atoms with Crippen molar-refractivity contribution in [1.29, 1.82) is 0 Å². The first-order valence-electron chi connectivity index (χ1n) is 16.5. The fraction of sp³-hybridized carbons (Fsp3) is 0.444. The van der Waals surface area contributed by atoms with E-state index in [2.05, 4.69) is 10.0 Å². The van der Waals surface area contributed by atoms with Crippen molar-refractivity contribution in [3.63, 3.8) is 0 Å². The number of urea groups is 1. The van der Waals surface area contributed by atoms with Gasteiger partial charge in [-0.05, 0) is 87.7 Å². The summed E-state index contributed by atoms with van der Waals surface area (Å²) in [4.78, 5) is 30.6. The molecule has 0 bridgehead atoms. The lowest BCUT2D eigenvalue weighted by atomic mass is 10.0. The number of sulfonamides is 1. The molecule has 49 heavy (non-hydrogen) atoms. The zero-order valence-corrected chi connectivity index (χ0v) is 29.6. The molecule has 1 heterocycles. The molecule has 3 N–H and O–H groups in total. The molecule has 3 aromatic carbocycles. The average molecular weight is 697 g/mol. The third-order valence-corrected chi connectivity index (χ3v) is 9.90. The van der Waals surface area contributed by atoms with Crippen molar-refractivity contribution in [3.8, 4) is 11.5 Å². The molecule has 0 saturated heterocycles. The Labute approximate surface area is 289 Å². The van der Waals surface area contributed by atoms with Gasteiger partial charge >= 0.3 is 6.03 Å². The van der Waals surface area contributed by atoms with Crippen molar-refractivity contribution in [2.24, 2.45) is 5.92 Å². The minimum Gasteiger partial charge on any atom is -0.497 e. The van der Waals surface area contributed by atoms with Gasteiger partial charge in [0.1, 0.15) is 11.5 Å². The summed E-state index contributed by atoms with van der Waals surface area (Å²) in [5, 5.41) is 13.1. The quantitative estimate of drug-likeness (QED) is 0.268. The van der Waals surface area contributed by atoms with E-state index in [1.807, 2.05) is 44.2 Å². The van der Waals surface area contributed by atoms with Crippen LogP contribution in [0.15, 0.2) is 77.7 Å². The van der Waals surface area contributed by atoms with Crippen LogP contribution in [0.4, 0.5) is 16.2 Å². The fourth-order valence-electron chi connectivity index (χ4n) is 5.51. The number of aliphatic hydroxyl groups excluding tert-OH is 1. The smallest absolute Gasteiger partial charge is 0.321 e. The van der Waals surface area contributed by atoms with Gasteiger partial charge in [-0.1, -0.05) is 25.1 Å². The van der Waals surface area contributed by atoms with Gasteiger partial charge < -0.3 is 34.4 Å². The van der Waals surface area contributed by atoms with E-state index in [1.165, 1.54) is 25.3 Å². The summed E-state index contributed by atoms with van der Waals surface area (Å²) < 4.78 is 46.8. The van der Waals surface area contributed by atoms with Crippen molar-refractivity contribution in [2.75, 3.05) is 50.5 Å². The van der Waals surface area contributed by atoms with E-state index in [-0.39, 0.29) is 53.9 Å². The number of nitrogens with zero attached hydrogens (tertiary/aromatic N) is 2. The van der Waals surface area contributed by atoms with Gasteiger partial charge in [-0.3, -0.25) is 9.52 Å². The Bertz CT molecular complexity index is 1640. The molecule has 0 aliphatic carbocycles. The molecule has 3 aromatic rings. The normalized spacial score (nSPS) is 19.8. The van der Waals surface area contributed by atoms with Crippen LogP contribution in [0, 0.1) is 5.92 Å². The molecular formula is C36H48N4O8S. The maximum absolute atomic E-state index is 14.4. The van der Waals surface area contributed by atoms with Crippen LogP contribution in [-0.2, 0) is 14.8 Å². The molecule has 0 radical (unpaired) electrons. The highest BCUT2D eigenvalue weighted by Crippen LogP contribution is 2.30. The molecule has 1 aliphatic heterocycles. The molecule has 4 atom stereocenters. The summed E-state index contributed by atoms with van der Waals surface area (Å²) in [5.41, 5.74) is 1.01. The summed E-state index contributed by atoms with van der Waals surface area (Å²) in [6.45, 7) is 6.22. The van der Waals surface area contributed by atoms with Crippen LogP contribution in [0.5, 0.6) is 11.5 Å². The number of benzene rings is 3. The predicted molar refractivity (Wildman–Crippen MR) is 189 cm³/mol. The average Bonchev–Trinajstić information content (AvgIpc) is 3.09. The Morgan fingerprint density at radius 1 is 1.06 bits per heavy atom. The van der Waals surface area contributed by atoms with E-state index in [0.29, 0.717) is 30.2 Å². The second kappa shape index (κ2) is 17.4. The molecule has 0 spiro atoms. The van der Waals surface area contributed by atoms with E-state index in [4.69, 9.17) is 14.2 Å². The summed E-state index contributed by atoms with van der Waals surface area (Å²) in [5.74, 6) is 0.138. The number of rotatable bonds is 9. The minimum absolute atomic E-state index is 0.0300. The molecule has 3 amide bonds. The SMILES string of the molecule is COc1ccc(S(=O)(=O)Nc2ccc3c(c2)C(=O)N([C@@H](C)CO)C[C@@H](C)[C@H](CN(C)C(=O)Nc2ccccc2)OCCCC[C@@H](C)O3)cc1. The Morgan fingerprint density at radius 2 is 1.78 bits per heavy atom. The molecule has 0 fully saturated rings. The Morgan fingerprint density at radius 3 is 2.45 bits per heavy atom. The van der Waals surface area contributed by atoms with Gasteiger partial charge in [0.2, 0.25) is 0 Å². The van der Waals surface area contributed by atoms with Crippen LogP contribution in [0.25, 0.3) is 0 Å². The first-order valence-corrected chi connectivity index (χ1v) is 18.0. The van der Waals surface area contributed by atoms with Crippen molar-refractivity contribution < 1.29 is 37.3 Å². The maximum Gasteiger partial charge on any atom is 0.321 e. The molecular weight excluding hydrogens is 648 g/mol. The monoisotopic (exact) mass is 696 g/mol. The largest absolute Gasteiger partial charge is 0.497 e. The van der Waals surface area contributed by atoms with E-state index in [9.17, 15) is 23.1 Å². The second-order valence-corrected chi connectivity index (χ2v) is 14.2. The van der Waals surface area contributed by atoms with E-state index < -0.39 is 28.1 Å². The van der Waals surface area contributed by atoms with E-state index in [0.717, 1.165) is 12.8 Å². The van der Waals surface area contributed by atoms with Crippen molar-refractivity contribution >= 4 is 33.3 Å². The number of carbonyl (C=O) groups excluding carboxylic acids is 2. The highest BCUT2D eigenvalue weighted by molar-refractivity contribution is 7.92. The highest BCUT2D eigenvalue weighted by Gasteiger charge is 2.31. The van der Waals surface area contributed by atoms with Crippen molar-refractivity contribution in [1.82, 2.24) is 9.80 Å². The number of likely N-dealkylation sites (N-methyl/N-ethyl adjacent to an activating group) is 1. The molecule has 13 heteroatoms. The van der Waals surface area contributed by atoms with Crippen LogP contribution >= 0.6 is 0 Å². The van der Waals surface area contributed by atoms with Gasteiger partial charge in [0.25, 0.3) is 15.9 Å². The van der Waals surface area contributed by atoms with Crippen molar-refractivity contribution in [2.45, 2.75) is 63.2 Å². The summed E-state index contributed by atoms with van der Waals surface area (Å²) in [6, 6.07) is 18.9. The van der Waals surface area contributed by atoms with Gasteiger partial charge in [0, 0.05) is 44.0 Å². The maximum atomic E-state index is 14.4. The summed E-state index contributed by atoms with van der Waals surface area (Å²) >= 11 is 0. The van der Waals surface area contributed by atoms with Crippen LogP contribution in [0.3, 0.4) is 0 Å². The Balaban J connectivity index is 1.63. The topological polar surface area (TPSA) is 147 Å². The van der Waals surface area contributed by atoms with Gasteiger partial charge in [0.05, 0.1) is 42.4 Å². The first kappa shape index (κ1) is 37.5. The fourth-order valence-corrected chi connectivity index (χ4v) is 6.56. The molecule has 266 valence electrons. The standard InChI is InChI=1S/C36H48N4O8S/c1-25-22-40(26(2)24-41)35(42)32-21-29(38-49(44,45)31-17-15-30(46-5)16-18-31)14-19-33(32)48-27(3)11-9-10-20-47-34(25)23-39(4)36(43)37-28-12-7-6-8-13-28/h6-8,12-19,21,25-27,34,38,41H,9-11,20,22-24H2,1-5H3,(H,37,43)/t25-,26+,27-,34+/m1/s1. The number of amides is 3. The third-order valence-electron chi connectivity index (χ3n) is 8.50. The Hall–Kier alpha value is -4.33. The third kappa shape index (κ3) is 10.3. The predicted octanol–water partition coefficient (Wildman–Crippen LogP) is 5.46. The number of nitrogens with one attached hydrogen (secondary N) is 2. The Kier molecular flexibility index (Phi) is 13.3. The van der Waals surface area contributed by atoms with E-state index in [1.54, 1.807) is 48.0 Å². The molecule has 0 aromatic heterocycles. The number of methoxy groups -OCH3 is 1. The molecule has 0 saturated carbocycles. The minimum atomic E-state index is -4.00. The van der Waals surface area contributed by atoms with Crippen LogP contribution in [0.2, 0.25) is 0 Å². The number of aliphatic hydroxyl groups is 1. The van der Waals surface area contributed by atoms with Gasteiger partial charge in [-0.15, -0.1) is 0 Å².